The number of ether oxygens (including phenoxy) is 1. The van der Waals surface area contributed by atoms with Crippen LogP contribution in [0.3, 0.4) is 0 Å². The number of rotatable bonds is 7. The summed E-state index contributed by atoms with van der Waals surface area (Å²) in [6.45, 7) is 5.30. The molecule has 2 N–H and O–H groups in total. The number of aryl methyl sites for hydroxylation is 1. The lowest BCUT2D eigenvalue weighted by atomic mass is 10.1. The topological polar surface area (TPSA) is 63.1 Å². The Morgan fingerprint density at radius 1 is 1.10 bits per heavy atom. The Hall–Kier alpha value is -3.12. The van der Waals surface area contributed by atoms with Crippen molar-refractivity contribution in [3.8, 4) is 5.75 Å². The van der Waals surface area contributed by atoms with Gasteiger partial charge in [0.1, 0.15) is 5.75 Å². The summed E-state index contributed by atoms with van der Waals surface area (Å²) in [5, 5.41) is 3.03. The van der Waals surface area contributed by atoms with Gasteiger partial charge in [0.2, 0.25) is 5.91 Å². The van der Waals surface area contributed by atoms with Gasteiger partial charge in [-0.3, -0.25) is 9.59 Å². The van der Waals surface area contributed by atoms with Crippen molar-refractivity contribution < 1.29 is 19.2 Å². The van der Waals surface area contributed by atoms with Gasteiger partial charge in [0, 0.05) is 17.3 Å². The quantitative estimate of drug-likeness (QED) is 0.685. The third kappa shape index (κ3) is 5.70. The lowest BCUT2D eigenvalue weighted by Crippen LogP contribution is -3.15. The molecular weight excluding hydrogens is 378 g/mol. The zero-order valence-electron chi connectivity index (χ0n) is 17.7. The van der Waals surface area contributed by atoms with E-state index in [1.165, 1.54) is 4.90 Å². The van der Waals surface area contributed by atoms with Crippen LogP contribution < -0.4 is 15.0 Å². The largest absolute Gasteiger partial charge is 0.496 e. The van der Waals surface area contributed by atoms with Crippen LogP contribution in [-0.2, 0) is 16.0 Å². The summed E-state index contributed by atoms with van der Waals surface area (Å²) >= 11 is 0. The summed E-state index contributed by atoms with van der Waals surface area (Å²) < 4.78 is 5.31. The lowest BCUT2D eigenvalue weighted by molar-refractivity contribution is -0.895. The van der Waals surface area contributed by atoms with Gasteiger partial charge in [-0.05, 0) is 30.2 Å². The number of anilines is 1. The molecule has 0 radical (unpaired) electrons. The fraction of sp³-hybridized carbons (Fsp3) is 0.333. The predicted molar refractivity (Wildman–Crippen MR) is 119 cm³/mol. The number of methoxy groups -OCH3 is 1. The summed E-state index contributed by atoms with van der Waals surface area (Å²) in [7, 11) is 1.62. The first-order chi connectivity index (χ1) is 14.6. The molecule has 30 heavy (non-hydrogen) atoms. The monoisotopic (exact) mass is 408 g/mol. The van der Waals surface area contributed by atoms with Gasteiger partial charge in [0.05, 0.1) is 33.3 Å². The molecule has 3 rings (SSSR count). The van der Waals surface area contributed by atoms with Crippen LogP contribution in [0.5, 0.6) is 5.75 Å². The second kappa shape index (κ2) is 10.6. The van der Waals surface area contributed by atoms with Crippen molar-refractivity contribution in [2.75, 3.05) is 45.2 Å². The van der Waals surface area contributed by atoms with E-state index in [2.05, 4.69) is 12.2 Å². The number of carbonyl (C=O) groups excluding carboxylic acids is 2. The molecule has 0 bridgehead atoms. The zero-order chi connectivity index (χ0) is 21.3. The van der Waals surface area contributed by atoms with Gasteiger partial charge in [-0.15, -0.1) is 0 Å². The molecule has 0 aliphatic carbocycles. The van der Waals surface area contributed by atoms with Crippen LogP contribution in [0.1, 0.15) is 18.1 Å². The second-order valence-corrected chi connectivity index (χ2v) is 7.39. The minimum absolute atomic E-state index is 0.0127. The van der Waals surface area contributed by atoms with Crippen molar-refractivity contribution in [3.05, 3.63) is 65.7 Å². The molecule has 6 nitrogen and oxygen atoms in total. The Morgan fingerprint density at radius 2 is 1.80 bits per heavy atom. The number of quaternary nitrogens is 1. The van der Waals surface area contributed by atoms with Crippen LogP contribution in [0.2, 0.25) is 0 Å². The number of piperazine rings is 1. The molecular formula is C24H30N3O3+. The fourth-order valence-corrected chi connectivity index (χ4v) is 3.66. The minimum Gasteiger partial charge on any atom is -0.496 e. The average Bonchev–Trinajstić information content (AvgIpc) is 2.78. The van der Waals surface area contributed by atoms with Gasteiger partial charge in [-0.1, -0.05) is 43.3 Å². The molecule has 0 atom stereocenters. The van der Waals surface area contributed by atoms with E-state index >= 15 is 0 Å². The highest BCUT2D eigenvalue weighted by atomic mass is 16.5. The summed E-state index contributed by atoms with van der Waals surface area (Å²) in [5.41, 5.74) is 2.90. The maximum atomic E-state index is 12.5. The van der Waals surface area contributed by atoms with E-state index in [9.17, 15) is 9.59 Å². The highest BCUT2D eigenvalue weighted by Gasteiger charge is 2.24. The first-order valence-corrected chi connectivity index (χ1v) is 10.4. The van der Waals surface area contributed by atoms with Gasteiger partial charge in [0.25, 0.3) is 5.91 Å². The van der Waals surface area contributed by atoms with Gasteiger partial charge in [0.15, 0.2) is 6.54 Å². The molecule has 2 aromatic carbocycles. The highest BCUT2D eigenvalue weighted by Crippen LogP contribution is 2.18. The highest BCUT2D eigenvalue weighted by molar-refractivity contribution is 5.93. The van der Waals surface area contributed by atoms with Gasteiger partial charge >= 0.3 is 0 Å². The third-order valence-electron chi connectivity index (χ3n) is 5.41. The zero-order valence-corrected chi connectivity index (χ0v) is 17.7. The number of nitrogens with zero attached hydrogens (tertiary/aromatic N) is 1. The van der Waals surface area contributed by atoms with Crippen LogP contribution in [-0.4, -0.2) is 56.5 Å². The molecule has 1 saturated heterocycles. The second-order valence-electron chi connectivity index (χ2n) is 7.39. The standard InChI is InChI=1S/C24H29N3O3/c1-3-19-8-4-6-10-21(19)25-23(28)18-26-14-16-27(17-15-26)24(29)13-12-20-9-5-7-11-22(20)30-2/h4-13H,3,14-18H2,1-2H3,(H,25,28)/p+1/b13-12+. The van der Waals surface area contributed by atoms with Crippen molar-refractivity contribution in [1.82, 2.24) is 4.90 Å². The normalized spacial score (nSPS) is 14.7. The number of hydrogen-bond acceptors (Lipinski definition) is 3. The smallest absolute Gasteiger partial charge is 0.279 e. The number of carbonyl (C=O) groups is 2. The van der Waals surface area contributed by atoms with E-state index in [-0.39, 0.29) is 11.8 Å². The number of hydrogen-bond donors (Lipinski definition) is 2. The van der Waals surface area contributed by atoms with E-state index in [1.807, 2.05) is 53.4 Å². The lowest BCUT2D eigenvalue weighted by Gasteiger charge is -2.31. The number of benzene rings is 2. The number of amides is 2. The first kappa shape index (κ1) is 21.6. The Morgan fingerprint density at radius 3 is 2.53 bits per heavy atom. The van der Waals surface area contributed by atoms with E-state index < -0.39 is 0 Å². The molecule has 1 aliphatic heterocycles. The van der Waals surface area contributed by atoms with Crippen molar-refractivity contribution >= 4 is 23.6 Å². The van der Waals surface area contributed by atoms with E-state index in [0.29, 0.717) is 19.6 Å². The van der Waals surface area contributed by atoms with E-state index in [1.54, 1.807) is 19.3 Å². The number of para-hydroxylation sites is 2. The van der Waals surface area contributed by atoms with Crippen LogP contribution in [0, 0.1) is 0 Å². The first-order valence-electron chi connectivity index (χ1n) is 10.4. The molecule has 1 heterocycles. The SMILES string of the molecule is CCc1ccccc1NC(=O)C[NH+]1CCN(C(=O)/C=C/c2ccccc2OC)CC1. The molecule has 0 aromatic heterocycles. The Balaban J connectivity index is 1.48. The molecule has 0 unspecified atom stereocenters. The Kier molecular flexibility index (Phi) is 7.63. The molecule has 1 aliphatic rings. The van der Waals surface area contributed by atoms with Crippen molar-refractivity contribution in [1.29, 1.82) is 0 Å². The van der Waals surface area contributed by atoms with Crippen molar-refractivity contribution in [2.45, 2.75) is 13.3 Å². The molecule has 0 saturated carbocycles. The maximum absolute atomic E-state index is 12.5. The Bertz CT molecular complexity index is 902. The minimum atomic E-state index is -0.0127. The molecule has 6 heteroatoms. The fourth-order valence-electron chi connectivity index (χ4n) is 3.66. The average molecular weight is 409 g/mol. The summed E-state index contributed by atoms with van der Waals surface area (Å²) in [5.74, 6) is 0.745. The molecule has 1 fully saturated rings. The van der Waals surface area contributed by atoms with E-state index in [0.717, 1.165) is 42.1 Å². The van der Waals surface area contributed by atoms with Crippen LogP contribution in [0.15, 0.2) is 54.6 Å². The third-order valence-corrected chi connectivity index (χ3v) is 5.41. The number of nitrogens with one attached hydrogen (secondary N) is 2. The van der Waals surface area contributed by atoms with Gasteiger partial charge in [-0.25, -0.2) is 0 Å². The summed E-state index contributed by atoms with van der Waals surface area (Å²) in [6, 6.07) is 15.5. The summed E-state index contributed by atoms with van der Waals surface area (Å²) in [4.78, 5) is 28.0. The molecule has 0 spiro atoms. The van der Waals surface area contributed by atoms with Crippen LogP contribution in [0.4, 0.5) is 5.69 Å². The molecule has 2 aromatic rings. The van der Waals surface area contributed by atoms with Gasteiger partial charge in [-0.2, -0.15) is 0 Å². The Labute approximate surface area is 178 Å². The predicted octanol–water partition coefficient (Wildman–Crippen LogP) is 1.64. The van der Waals surface area contributed by atoms with Crippen LogP contribution >= 0.6 is 0 Å². The van der Waals surface area contributed by atoms with Crippen molar-refractivity contribution in [2.24, 2.45) is 0 Å². The maximum Gasteiger partial charge on any atom is 0.279 e. The van der Waals surface area contributed by atoms with Crippen molar-refractivity contribution in [3.63, 3.8) is 0 Å². The van der Waals surface area contributed by atoms with E-state index in [4.69, 9.17) is 4.74 Å². The van der Waals surface area contributed by atoms with Crippen LogP contribution in [0.25, 0.3) is 6.08 Å². The molecule has 2 amide bonds. The summed E-state index contributed by atoms with van der Waals surface area (Å²) in [6.07, 6.45) is 4.27. The van der Waals surface area contributed by atoms with Gasteiger partial charge < -0.3 is 19.9 Å². The molecule has 158 valence electrons.